The van der Waals surface area contributed by atoms with Crippen LogP contribution in [0.5, 0.6) is 34.5 Å². The number of H-pyrrole nitrogens is 3. The number of amides is 6. The summed E-state index contributed by atoms with van der Waals surface area (Å²) in [5.41, 5.74) is 11.3. The van der Waals surface area contributed by atoms with Crippen LogP contribution in [0.2, 0.25) is 30.1 Å². The molecule has 9 N–H and O–H groups in total. The number of carbonyl (C=O) groups is 6. The third-order valence-corrected chi connectivity index (χ3v) is 22.1. The minimum Gasteiger partial charge on any atom is -0.491 e. The Balaban J connectivity index is 0.000000162. The van der Waals surface area contributed by atoms with Crippen molar-refractivity contribution >= 4 is 139 Å². The summed E-state index contributed by atoms with van der Waals surface area (Å²) in [6.45, 7) is 5.71. The van der Waals surface area contributed by atoms with Gasteiger partial charge in [-0.3, -0.25) is 14.7 Å². The van der Waals surface area contributed by atoms with E-state index in [9.17, 15) is 44.1 Å². The van der Waals surface area contributed by atoms with Crippen LogP contribution >= 0.6 is 69.6 Å². The van der Waals surface area contributed by atoms with Gasteiger partial charge in [0.2, 0.25) is 0 Å². The molecule has 9 aromatic carbocycles. The van der Waals surface area contributed by atoms with E-state index in [0.717, 1.165) is 83.2 Å². The van der Waals surface area contributed by atoms with Crippen molar-refractivity contribution < 1.29 is 91.5 Å². The van der Waals surface area contributed by atoms with Gasteiger partial charge in [0, 0.05) is 107 Å². The minimum atomic E-state index is -0.952. The van der Waals surface area contributed by atoms with Gasteiger partial charge in [0.25, 0.3) is 0 Å². The second-order valence-corrected chi connectivity index (χ2v) is 32.0. The van der Waals surface area contributed by atoms with Gasteiger partial charge in [-0.05, 0) is 230 Å². The van der Waals surface area contributed by atoms with Gasteiger partial charge in [0.05, 0.1) is 39.5 Å². The highest BCUT2D eigenvalue weighted by Crippen LogP contribution is 2.44. The minimum absolute atomic E-state index is 0.000569. The smallest absolute Gasteiger partial charge is 0.416 e. The van der Waals surface area contributed by atoms with Crippen molar-refractivity contribution in [2.45, 2.75) is 76.0 Å². The Labute approximate surface area is 754 Å². The number of aliphatic hydroxyl groups excluding tert-OH is 3. The van der Waals surface area contributed by atoms with Gasteiger partial charge < -0.3 is 93.6 Å². The number of halogens is 6. The normalized spacial score (nSPS) is 15.1. The molecule has 6 unspecified atom stereocenters. The van der Waals surface area contributed by atoms with Crippen molar-refractivity contribution in [1.29, 1.82) is 0 Å². The fourth-order valence-corrected chi connectivity index (χ4v) is 15.6. The first-order valence-corrected chi connectivity index (χ1v) is 42.8. The van der Waals surface area contributed by atoms with Gasteiger partial charge in [-0.15, -0.1) is 0 Å². The maximum absolute atomic E-state index is 13.5. The molecule has 126 heavy (non-hydrogen) atoms. The van der Waals surface area contributed by atoms with Crippen LogP contribution in [-0.2, 0) is 38.2 Å². The van der Waals surface area contributed by atoms with E-state index >= 15 is 0 Å². The molecule has 0 spiro atoms. The van der Waals surface area contributed by atoms with Crippen molar-refractivity contribution in [3.05, 3.63) is 281 Å². The number of aromatic amines is 3. The molecule has 15 rings (SSSR count). The Hall–Kier alpha value is -11.8. The Bertz CT molecular complexity index is 5730. The summed E-state index contributed by atoms with van der Waals surface area (Å²) in [4.78, 5) is 90.6. The van der Waals surface area contributed by atoms with Gasteiger partial charge in [-0.1, -0.05) is 113 Å². The number of carbonyl (C=O) groups excluding carboxylic acids is 6. The van der Waals surface area contributed by atoms with E-state index in [1.807, 2.05) is 97.9 Å². The Morgan fingerprint density at radius 1 is 0.373 bits per heavy atom. The standard InChI is InChI=1S/C31H31Cl2N3O7.C31H31Cl2N3O6.C30H29Cl2N3O6/c1-40-14-15-41-30(38)34-17-22(37)18-42-23-7-2-19(3-8-23)29-28-25(26-16-21(33)6-11-27(26)35-28)12-13-36(29)31(39)43-24-9-4-20(32)5-10-24;1-2-15-40-30(38)34-17-22(37)18-41-23-8-3-19(4-9-23)29-28-25(26-16-21(33)7-12-27(26)35-28)13-14-36(29)31(39)42-24-10-5-20(32)6-11-24;1-2-39-29(37)33-16-21(36)17-40-22-8-3-18(4-9-22)28-27-24(25-15-20(32)7-12-26(25)34-27)13-14-35(28)30(38)41-23-10-5-19(31)6-11-23/h2-11,16,22,29,35,37H,12-15,17-18H2,1H3,(H,34,38);3-12,16,22,29,35,37H,2,13-15,17-18H2,1H3,(H,34,38);3-12,15,21,28,34,36H,2,13-14,16-17H2,1H3,(H,33,37). The van der Waals surface area contributed by atoms with E-state index < -0.39 is 73.0 Å². The third kappa shape index (κ3) is 24.0. The number of aromatic nitrogens is 3. The molecule has 0 aliphatic carbocycles. The van der Waals surface area contributed by atoms with Crippen molar-refractivity contribution in [1.82, 2.24) is 45.6 Å². The van der Waals surface area contributed by atoms with E-state index in [-0.39, 0.29) is 59.3 Å². The van der Waals surface area contributed by atoms with Gasteiger partial charge in [0.1, 0.15) is 97.4 Å². The van der Waals surface area contributed by atoms with E-state index in [4.69, 9.17) is 117 Å². The van der Waals surface area contributed by atoms with Crippen LogP contribution in [0, 0.1) is 0 Å². The number of alkyl carbamates (subject to hydrolysis) is 3. The van der Waals surface area contributed by atoms with Crippen molar-refractivity contribution in [2.24, 2.45) is 0 Å². The predicted octanol–water partition coefficient (Wildman–Crippen LogP) is 18.3. The van der Waals surface area contributed by atoms with Crippen LogP contribution in [0.4, 0.5) is 28.8 Å². The zero-order valence-corrected chi connectivity index (χ0v) is 73.1. The molecule has 6 atom stereocenters. The summed E-state index contributed by atoms with van der Waals surface area (Å²) >= 11 is 36.9. The van der Waals surface area contributed by atoms with E-state index in [0.29, 0.717) is 117 Å². The number of fused-ring (bicyclic) bond motifs is 9. The Morgan fingerprint density at radius 2 is 0.651 bits per heavy atom. The van der Waals surface area contributed by atoms with Crippen LogP contribution in [0.25, 0.3) is 32.7 Å². The maximum atomic E-state index is 13.5. The van der Waals surface area contributed by atoms with Gasteiger partial charge >= 0.3 is 36.6 Å². The first kappa shape index (κ1) is 91.9. The summed E-state index contributed by atoms with van der Waals surface area (Å²) in [5.74, 6) is 2.75. The molecular weight excluding hydrogens is 1750 g/mol. The van der Waals surface area contributed by atoms with Gasteiger partial charge in [-0.25, -0.2) is 28.8 Å². The van der Waals surface area contributed by atoms with Gasteiger partial charge in [0.15, 0.2) is 0 Å². The largest absolute Gasteiger partial charge is 0.491 e. The number of benzene rings is 9. The third-order valence-electron chi connectivity index (χ3n) is 20.6. The predicted molar refractivity (Wildman–Crippen MR) is 479 cm³/mol. The quantitative estimate of drug-likeness (QED) is 0.0171. The average molecular weight is 1840 g/mol. The number of methoxy groups -OCH3 is 1. The summed E-state index contributed by atoms with van der Waals surface area (Å²) in [7, 11) is 1.51. The Morgan fingerprint density at radius 3 is 0.937 bits per heavy atom. The molecule has 0 fully saturated rings. The van der Waals surface area contributed by atoms with E-state index in [1.165, 1.54) is 7.11 Å². The highest BCUT2D eigenvalue weighted by Gasteiger charge is 2.40. The fraction of sp³-hybridized carbons (Fsp3) is 0.283. The monoisotopic (exact) mass is 1840 g/mol. The second-order valence-electron chi connectivity index (χ2n) is 29.4. The fourth-order valence-electron chi connectivity index (χ4n) is 14.7. The molecule has 28 nitrogen and oxygen atoms in total. The van der Waals surface area contributed by atoms with Crippen LogP contribution in [0.3, 0.4) is 0 Å². The lowest BCUT2D eigenvalue weighted by molar-refractivity contribution is 0.0842. The molecular formula is C92H91Cl6N9O19. The molecule has 6 heterocycles. The number of ether oxygens (including phenoxy) is 10. The lowest BCUT2D eigenvalue weighted by Gasteiger charge is -2.35. The molecule has 12 aromatic rings. The molecule has 660 valence electrons. The number of hydrogen-bond acceptors (Lipinski definition) is 19. The topological polar surface area (TPSA) is 349 Å². The van der Waals surface area contributed by atoms with Crippen molar-refractivity contribution in [3.8, 4) is 34.5 Å². The first-order chi connectivity index (χ1) is 61.0. The molecule has 3 aliphatic heterocycles. The molecule has 0 saturated heterocycles. The summed E-state index contributed by atoms with van der Waals surface area (Å²) in [5, 5.41) is 44.6. The lowest BCUT2D eigenvalue weighted by Crippen LogP contribution is -2.42. The van der Waals surface area contributed by atoms with Crippen LogP contribution in [0.15, 0.2) is 200 Å². The summed E-state index contributed by atoms with van der Waals surface area (Å²) in [6.07, 6.45) is -3.50. The molecule has 6 amide bonds. The number of rotatable bonds is 27. The highest BCUT2D eigenvalue weighted by atomic mass is 35.5. The highest BCUT2D eigenvalue weighted by molar-refractivity contribution is 6.32. The number of aliphatic hydroxyl groups is 3. The number of nitrogens with one attached hydrogen (secondary N) is 6. The van der Waals surface area contributed by atoms with Gasteiger partial charge in [-0.2, -0.15) is 0 Å². The zero-order valence-electron chi connectivity index (χ0n) is 68.5. The number of hydrogen-bond donors (Lipinski definition) is 9. The second kappa shape index (κ2) is 43.9. The Kier molecular flexibility index (Phi) is 32.0. The summed E-state index contributed by atoms with van der Waals surface area (Å²) in [6, 6.07) is 57.5. The maximum Gasteiger partial charge on any atom is 0.416 e. The van der Waals surface area contributed by atoms with Crippen LogP contribution in [0.1, 0.15) is 88.9 Å². The molecule has 0 radical (unpaired) electrons. The molecule has 3 aliphatic rings. The SMILES string of the molecule is CCCOC(=O)NCC(O)COc1ccc(C2c3[nH]c4ccc(Cl)cc4c3CCN2C(=O)Oc2ccc(Cl)cc2)cc1.CCOC(=O)NCC(O)COc1ccc(C2c3[nH]c4ccc(Cl)cc4c3CCN2C(=O)Oc2ccc(Cl)cc2)cc1.COCCOC(=O)NCC(O)COc1ccc(C2c3[nH]c4ccc(Cl)cc4c3CCN2C(=O)Oc2ccc(Cl)cc2)cc1. The van der Waals surface area contributed by atoms with E-state index in [1.54, 1.807) is 131 Å². The molecule has 0 saturated carbocycles. The van der Waals surface area contributed by atoms with E-state index in [2.05, 4.69) is 30.9 Å². The molecule has 34 heteroatoms. The summed E-state index contributed by atoms with van der Waals surface area (Å²) < 4.78 is 53.8. The van der Waals surface area contributed by atoms with Crippen molar-refractivity contribution in [2.75, 3.05) is 92.6 Å². The van der Waals surface area contributed by atoms with Crippen LogP contribution < -0.4 is 44.4 Å². The van der Waals surface area contributed by atoms with Crippen molar-refractivity contribution in [3.63, 3.8) is 0 Å². The molecule has 3 aromatic heterocycles. The van der Waals surface area contributed by atoms with Crippen LogP contribution in [-0.4, -0.2) is 192 Å². The average Bonchev–Trinajstić information content (AvgIpc) is 1.60. The first-order valence-electron chi connectivity index (χ1n) is 40.5. The lowest BCUT2D eigenvalue weighted by atomic mass is 9.92. The number of nitrogens with zero attached hydrogens (tertiary/aromatic N) is 3. The molecule has 0 bridgehead atoms. The zero-order chi connectivity index (χ0) is 88.9.